The van der Waals surface area contributed by atoms with E-state index in [4.69, 9.17) is 9.47 Å². The van der Waals surface area contributed by atoms with Gasteiger partial charge in [-0.1, -0.05) is 19.9 Å². The molecule has 4 rings (SSSR count). The Labute approximate surface area is 202 Å². The maximum atomic E-state index is 11.7. The van der Waals surface area contributed by atoms with Crippen molar-refractivity contribution in [3.63, 3.8) is 0 Å². The van der Waals surface area contributed by atoms with Crippen LogP contribution in [0.2, 0.25) is 0 Å². The molecule has 182 valence electrons. The maximum absolute atomic E-state index is 11.7. The average molecular weight is 465 g/mol. The number of amides is 1. The lowest BCUT2D eigenvalue weighted by atomic mass is 9.90. The molecule has 0 saturated carbocycles. The highest BCUT2D eigenvalue weighted by molar-refractivity contribution is 6.06. The predicted octanol–water partition coefficient (Wildman–Crippen LogP) is 4.94. The number of hydrogen-bond acceptors (Lipinski definition) is 6. The van der Waals surface area contributed by atoms with Gasteiger partial charge in [-0.2, -0.15) is 5.10 Å². The van der Waals surface area contributed by atoms with Gasteiger partial charge in [0.05, 0.1) is 11.4 Å². The van der Waals surface area contributed by atoms with Crippen LogP contribution in [0.1, 0.15) is 64.3 Å². The maximum Gasteiger partial charge on any atom is 0.240 e. The van der Waals surface area contributed by atoms with E-state index in [9.17, 15) is 4.79 Å². The number of nitrogens with zero attached hydrogens (tertiary/aromatic N) is 2. The number of nitrogens with one attached hydrogen (secondary N) is 2. The molecule has 2 aromatic carbocycles. The number of benzene rings is 2. The third-order valence-corrected chi connectivity index (χ3v) is 6.49. The second-order valence-corrected chi connectivity index (χ2v) is 9.24. The molecule has 2 heterocycles. The molecule has 0 fully saturated rings. The quantitative estimate of drug-likeness (QED) is 0.521. The number of carbonyl (C=O) groups excluding carboxylic acids is 1. The molecule has 0 spiro atoms. The molecular weight excluding hydrogens is 428 g/mol. The first-order valence-corrected chi connectivity index (χ1v) is 12.4. The molecule has 2 atom stereocenters. The van der Waals surface area contributed by atoms with E-state index in [1.165, 1.54) is 0 Å². The Bertz CT molecular complexity index is 1020. The second-order valence-electron chi connectivity index (χ2n) is 9.24. The van der Waals surface area contributed by atoms with E-state index in [2.05, 4.69) is 48.4 Å². The number of rotatable bonds is 10. The van der Waals surface area contributed by atoms with Gasteiger partial charge in [0.15, 0.2) is 6.23 Å². The average Bonchev–Trinajstić information content (AvgIpc) is 3.27. The largest absolute Gasteiger partial charge is 0.492 e. The van der Waals surface area contributed by atoms with Crippen LogP contribution in [0.25, 0.3) is 0 Å². The molecule has 7 heteroatoms. The third-order valence-electron chi connectivity index (χ3n) is 6.49. The standard InChI is InChI=1S/C27H36N4O3/c1-5-13-31(18(3)4)14-15-33-22-10-7-20(8-11-22)27-28-23-12-9-21(16-24(23)34-27)26-19(6-2)17-25(32)29-30-26/h7-12,16,18-19,27-28H,5-6,13-15,17H2,1-4H3,(H,29,32). The highest BCUT2D eigenvalue weighted by atomic mass is 16.5. The van der Waals surface area contributed by atoms with Crippen molar-refractivity contribution in [2.24, 2.45) is 11.0 Å². The highest BCUT2D eigenvalue weighted by Gasteiger charge is 2.28. The number of hydrazone groups is 1. The van der Waals surface area contributed by atoms with E-state index in [0.29, 0.717) is 19.1 Å². The van der Waals surface area contributed by atoms with Gasteiger partial charge in [-0.05, 0) is 69.6 Å². The molecule has 34 heavy (non-hydrogen) atoms. The normalized spacial score (nSPS) is 19.4. The number of fused-ring (bicyclic) bond motifs is 1. The summed E-state index contributed by atoms with van der Waals surface area (Å²) < 4.78 is 12.2. The van der Waals surface area contributed by atoms with Crippen LogP contribution in [0, 0.1) is 5.92 Å². The van der Waals surface area contributed by atoms with Crippen LogP contribution in [-0.4, -0.2) is 42.3 Å². The Kier molecular flexibility index (Phi) is 7.73. The van der Waals surface area contributed by atoms with E-state index in [1.54, 1.807) is 0 Å². The van der Waals surface area contributed by atoms with Gasteiger partial charge in [-0.15, -0.1) is 0 Å². The van der Waals surface area contributed by atoms with E-state index in [-0.39, 0.29) is 18.1 Å². The Morgan fingerprint density at radius 1 is 1.15 bits per heavy atom. The molecule has 2 aliphatic rings. The van der Waals surface area contributed by atoms with Gasteiger partial charge in [-0.3, -0.25) is 9.69 Å². The van der Waals surface area contributed by atoms with Crippen LogP contribution in [0.4, 0.5) is 5.69 Å². The molecule has 7 nitrogen and oxygen atoms in total. The molecular formula is C27H36N4O3. The highest BCUT2D eigenvalue weighted by Crippen LogP contribution is 2.39. The van der Waals surface area contributed by atoms with E-state index < -0.39 is 0 Å². The molecule has 0 aliphatic carbocycles. The van der Waals surface area contributed by atoms with Crippen molar-refractivity contribution >= 4 is 17.3 Å². The van der Waals surface area contributed by atoms with Gasteiger partial charge in [0.25, 0.3) is 0 Å². The minimum absolute atomic E-state index is 0.0274. The third kappa shape index (κ3) is 5.53. The topological polar surface area (TPSA) is 75.2 Å². The molecule has 0 radical (unpaired) electrons. The zero-order valence-electron chi connectivity index (χ0n) is 20.6. The van der Waals surface area contributed by atoms with Crippen molar-refractivity contribution in [2.45, 2.75) is 59.2 Å². The molecule has 2 aromatic rings. The lowest BCUT2D eigenvalue weighted by Crippen LogP contribution is -2.35. The van der Waals surface area contributed by atoms with Crippen LogP contribution in [0.3, 0.4) is 0 Å². The summed E-state index contributed by atoms with van der Waals surface area (Å²) >= 11 is 0. The van der Waals surface area contributed by atoms with Gasteiger partial charge in [-0.25, -0.2) is 5.43 Å². The van der Waals surface area contributed by atoms with Crippen LogP contribution < -0.4 is 20.2 Å². The zero-order chi connectivity index (χ0) is 24.1. The number of anilines is 1. The molecule has 0 bridgehead atoms. The molecule has 1 amide bonds. The molecule has 0 saturated heterocycles. The summed E-state index contributed by atoms with van der Waals surface area (Å²) in [7, 11) is 0. The molecule has 2 N–H and O–H groups in total. The summed E-state index contributed by atoms with van der Waals surface area (Å²) in [6.07, 6.45) is 2.23. The number of carbonyl (C=O) groups is 1. The summed E-state index contributed by atoms with van der Waals surface area (Å²) in [5.74, 6) is 1.76. The lowest BCUT2D eigenvalue weighted by Gasteiger charge is -2.25. The van der Waals surface area contributed by atoms with Crippen molar-refractivity contribution in [2.75, 3.05) is 25.0 Å². The number of ether oxygens (including phenoxy) is 2. The fourth-order valence-corrected chi connectivity index (χ4v) is 4.50. The van der Waals surface area contributed by atoms with Crippen LogP contribution in [0.5, 0.6) is 11.5 Å². The summed E-state index contributed by atoms with van der Waals surface area (Å²) in [6.45, 7) is 11.4. The Hall–Kier alpha value is -3.06. The first-order valence-electron chi connectivity index (χ1n) is 12.4. The van der Waals surface area contributed by atoms with Crippen molar-refractivity contribution in [1.82, 2.24) is 10.3 Å². The summed E-state index contributed by atoms with van der Waals surface area (Å²) in [5.41, 5.74) is 6.49. The Balaban J connectivity index is 1.36. The summed E-state index contributed by atoms with van der Waals surface area (Å²) in [5, 5.41) is 7.76. The van der Waals surface area contributed by atoms with Crippen molar-refractivity contribution in [1.29, 1.82) is 0 Å². The van der Waals surface area contributed by atoms with Gasteiger partial charge in [0, 0.05) is 36.1 Å². The van der Waals surface area contributed by atoms with E-state index in [1.807, 2.05) is 42.5 Å². The van der Waals surface area contributed by atoms with Gasteiger partial charge < -0.3 is 14.8 Å². The Morgan fingerprint density at radius 2 is 1.94 bits per heavy atom. The molecule has 0 aromatic heterocycles. The van der Waals surface area contributed by atoms with Gasteiger partial charge >= 0.3 is 0 Å². The van der Waals surface area contributed by atoms with Crippen molar-refractivity contribution < 1.29 is 14.3 Å². The smallest absolute Gasteiger partial charge is 0.240 e. The summed E-state index contributed by atoms with van der Waals surface area (Å²) in [6, 6.07) is 14.7. The Morgan fingerprint density at radius 3 is 2.65 bits per heavy atom. The number of hydrogen-bond donors (Lipinski definition) is 2. The first-order chi connectivity index (χ1) is 16.5. The zero-order valence-corrected chi connectivity index (χ0v) is 20.6. The predicted molar refractivity (Wildman–Crippen MR) is 135 cm³/mol. The van der Waals surface area contributed by atoms with Crippen molar-refractivity contribution in [3.8, 4) is 11.5 Å². The van der Waals surface area contributed by atoms with E-state index in [0.717, 1.165) is 60.0 Å². The van der Waals surface area contributed by atoms with Crippen LogP contribution in [0.15, 0.2) is 47.6 Å². The van der Waals surface area contributed by atoms with Crippen LogP contribution >= 0.6 is 0 Å². The fraction of sp³-hybridized carbons (Fsp3) is 0.481. The second kappa shape index (κ2) is 10.9. The molecule has 2 aliphatic heterocycles. The van der Waals surface area contributed by atoms with Crippen LogP contribution in [-0.2, 0) is 4.79 Å². The van der Waals surface area contributed by atoms with E-state index >= 15 is 0 Å². The lowest BCUT2D eigenvalue weighted by molar-refractivity contribution is -0.122. The fourth-order valence-electron chi connectivity index (χ4n) is 4.50. The minimum atomic E-state index is -0.254. The monoisotopic (exact) mass is 464 g/mol. The van der Waals surface area contributed by atoms with Gasteiger partial charge in [0.2, 0.25) is 5.91 Å². The SMILES string of the molecule is CCCN(CCOc1ccc(C2Nc3ccc(C4=NNC(=O)CC4CC)cc3O2)cc1)C(C)C. The van der Waals surface area contributed by atoms with Crippen molar-refractivity contribution in [3.05, 3.63) is 53.6 Å². The molecule has 2 unspecified atom stereocenters. The summed E-state index contributed by atoms with van der Waals surface area (Å²) in [4.78, 5) is 14.1. The minimum Gasteiger partial charge on any atom is -0.492 e. The van der Waals surface area contributed by atoms with Gasteiger partial charge in [0.1, 0.15) is 18.1 Å². The first kappa shape index (κ1) is 24.1.